The van der Waals surface area contributed by atoms with Gasteiger partial charge in [0, 0.05) is 35.1 Å². The zero-order chi connectivity index (χ0) is 20.0. The lowest BCUT2D eigenvalue weighted by Crippen LogP contribution is -2.42. The minimum atomic E-state index is -0.375. The first-order chi connectivity index (χ1) is 13.3. The monoisotopic (exact) mass is 380 g/mol. The largest absolute Gasteiger partial charge is 0.490 e. The molecule has 146 valence electrons. The normalized spacial score (nSPS) is 19.3. The fourth-order valence-corrected chi connectivity index (χ4v) is 3.99. The van der Waals surface area contributed by atoms with Crippen LogP contribution in [0.1, 0.15) is 56.8 Å². The second-order valence-electron chi connectivity index (χ2n) is 7.63. The highest BCUT2D eigenvalue weighted by molar-refractivity contribution is 6.01. The molecule has 2 atom stereocenters. The van der Waals surface area contributed by atoms with Crippen molar-refractivity contribution in [3.05, 3.63) is 57.6 Å². The summed E-state index contributed by atoms with van der Waals surface area (Å²) in [6, 6.07) is 7.36. The number of hydrogen-bond acceptors (Lipinski definition) is 4. The van der Waals surface area contributed by atoms with Crippen LogP contribution in [-0.2, 0) is 12.8 Å². The first-order valence-electron chi connectivity index (χ1n) is 9.54. The Morgan fingerprint density at radius 3 is 1.57 bits per heavy atom. The van der Waals surface area contributed by atoms with Crippen LogP contribution in [0.25, 0.3) is 0 Å². The third kappa shape index (κ3) is 3.09. The summed E-state index contributed by atoms with van der Waals surface area (Å²) >= 11 is 0. The molecule has 0 aliphatic carbocycles. The van der Waals surface area contributed by atoms with Gasteiger partial charge in [0.05, 0.1) is 0 Å². The maximum absolute atomic E-state index is 12.6. The minimum absolute atomic E-state index is 0.111. The van der Waals surface area contributed by atoms with E-state index < -0.39 is 0 Å². The number of rotatable bonds is 2. The summed E-state index contributed by atoms with van der Waals surface area (Å²) in [5, 5.41) is 0. The van der Waals surface area contributed by atoms with Gasteiger partial charge in [0.1, 0.15) is 23.7 Å². The number of nitrogens with one attached hydrogen (secondary N) is 2. The van der Waals surface area contributed by atoms with Crippen LogP contribution in [0.5, 0.6) is 11.5 Å². The molecule has 0 saturated carbocycles. The molecule has 2 unspecified atom stereocenters. The summed E-state index contributed by atoms with van der Waals surface area (Å²) in [6.45, 7) is 7.72. The molecule has 2 N–H and O–H groups in total. The van der Waals surface area contributed by atoms with Crippen molar-refractivity contribution < 1.29 is 19.1 Å². The van der Waals surface area contributed by atoms with Crippen molar-refractivity contribution in [2.24, 2.45) is 0 Å². The molecule has 0 saturated heterocycles. The smallest absolute Gasteiger partial charge is 0.270 e. The molecule has 28 heavy (non-hydrogen) atoms. The van der Waals surface area contributed by atoms with E-state index in [0.717, 1.165) is 46.6 Å². The second-order valence-corrected chi connectivity index (χ2v) is 7.63. The van der Waals surface area contributed by atoms with Crippen LogP contribution in [0, 0.1) is 13.8 Å². The summed E-state index contributed by atoms with van der Waals surface area (Å²) in [6.07, 6.45) is 1.90. The number of fused-ring (bicyclic) bond motifs is 2. The van der Waals surface area contributed by atoms with E-state index >= 15 is 0 Å². The van der Waals surface area contributed by atoms with Gasteiger partial charge in [-0.2, -0.15) is 0 Å². The standard InChI is InChI=1S/C22H24N2O4/c1-11-9-15-5-7-17(13(3)19(15)27-11)21(25)23-24-22(26)18-8-6-16-10-12(2)28-20(16)14(18)4/h5-8,11-12H,9-10H2,1-4H3,(H,23,25)(H,24,26). The van der Waals surface area contributed by atoms with Gasteiger partial charge in [-0.3, -0.25) is 20.4 Å². The van der Waals surface area contributed by atoms with Crippen LogP contribution in [0.3, 0.4) is 0 Å². The van der Waals surface area contributed by atoms with Gasteiger partial charge in [-0.1, -0.05) is 12.1 Å². The average Bonchev–Trinajstić information content (AvgIpc) is 3.22. The van der Waals surface area contributed by atoms with Gasteiger partial charge in [0.15, 0.2) is 0 Å². The van der Waals surface area contributed by atoms with Gasteiger partial charge in [-0.25, -0.2) is 0 Å². The predicted octanol–water partition coefficient (Wildman–Crippen LogP) is 3.03. The topological polar surface area (TPSA) is 76.7 Å². The molecule has 6 nitrogen and oxygen atoms in total. The summed E-state index contributed by atoms with van der Waals surface area (Å²) in [4.78, 5) is 25.2. The molecular formula is C22H24N2O4. The van der Waals surface area contributed by atoms with Gasteiger partial charge < -0.3 is 9.47 Å². The number of hydrazine groups is 1. The Balaban J connectivity index is 1.47. The van der Waals surface area contributed by atoms with Gasteiger partial charge in [0.25, 0.3) is 11.8 Å². The van der Waals surface area contributed by atoms with E-state index in [4.69, 9.17) is 9.47 Å². The van der Waals surface area contributed by atoms with Crippen molar-refractivity contribution in [1.82, 2.24) is 10.9 Å². The maximum Gasteiger partial charge on any atom is 0.270 e. The van der Waals surface area contributed by atoms with Gasteiger partial charge in [-0.15, -0.1) is 0 Å². The molecule has 0 spiro atoms. The number of carbonyl (C=O) groups is 2. The molecular weight excluding hydrogens is 356 g/mol. The molecule has 6 heteroatoms. The van der Waals surface area contributed by atoms with Gasteiger partial charge in [0.2, 0.25) is 0 Å². The fourth-order valence-electron chi connectivity index (χ4n) is 3.99. The number of amides is 2. The first-order valence-corrected chi connectivity index (χ1v) is 9.54. The van der Waals surface area contributed by atoms with E-state index in [9.17, 15) is 9.59 Å². The number of ether oxygens (including phenoxy) is 2. The Morgan fingerprint density at radius 1 is 0.786 bits per heavy atom. The average molecular weight is 380 g/mol. The van der Waals surface area contributed by atoms with Crippen molar-refractivity contribution in [3.63, 3.8) is 0 Å². The van der Waals surface area contributed by atoms with E-state index in [1.54, 1.807) is 12.1 Å². The number of hydrogen-bond donors (Lipinski definition) is 2. The van der Waals surface area contributed by atoms with E-state index in [1.807, 2.05) is 39.8 Å². The number of benzene rings is 2. The zero-order valence-electron chi connectivity index (χ0n) is 16.5. The second kappa shape index (κ2) is 6.86. The minimum Gasteiger partial charge on any atom is -0.490 e. The van der Waals surface area contributed by atoms with Gasteiger partial charge >= 0.3 is 0 Å². The van der Waals surface area contributed by atoms with Crippen molar-refractivity contribution in [3.8, 4) is 11.5 Å². The van der Waals surface area contributed by atoms with E-state index in [0.29, 0.717) is 11.1 Å². The highest BCUT2D eigenvalue weighted by Crippen LogP contribution is 2.35. The maximum atomic E-state index is 12.6. The third-order valence-corrected chi connectivity index (χ3v) is 5.41. The molecule has 2 heterocycles. The van der Waals surface area contributed by atoms with Crippen LogP contribution >= 0.6 is 0 Å². The summed E-state index contributed by atoms with van der Waals surface area (Å²) in [5.41, 5.74) is 9.76. The van der Waals surface area contributed by atoms with Crippen LogP contribution in [-0.4, -0.2) is 24.0 Å². The highest BCUT2D eigenvalue weighted by Gasteiger charge is 2.26. The Bertz CT molecular complexity index is 903. The third-order valence-electron chi connectivity index (χ3n) is 5.41. The molecule has 0 bridgehead atoms. The first kappa shape index (κ1) is 18.3. The Morgan fingerprint density at radius 2 is 1.18 bits per heavy atom. The summed E-state index contributed by atoms with van der Waals surface area (Å²) in [5.74, 6) is 0.792. The molecule has 0 radical (unpaired) electrons. The van der Waals surface area contributed by atoms with Crippen molar-refractivity contribution in [2.45, 2.75) is 52.7 Å². The molecule has 0 aromatic heterocycles. The van der Waals surface area contributed by atoms with Crippen LogP contribution in [0.15, 0.2) is 24.3 Å². The zero-order valence-corrected chi connectivity index (χ0v) is 16.5. The van der Waals surface area contributed by atoms with Crippen LogP contribution < -0.4 is 20.3 Å². The Labute approximate surface area is 164 Å². The lowest BCUT2D eigenvalue weighted by atomic mass is 10.0. The highest BCUT2D eigenvalue weighted by atomic mass is 16.5. The van der Waals surface area contributed by atoms with Crippen LogP contribution in [0.2, 0.25) is 0 Å². The lowest BCUT2D eigenvalue weighted by molar-refractivity contribution is 0.0845. The molecule has 0 fully saturated rings. The lowest BCUT2D eigenvalue weighted by Gasteiger charge is -2.14. The molecule has 4 rings (SSSR count). The number of carbonyl (C=O) groups excluding carboxylic acids is 2. The molecule has 2 aromatic rings. The summed E-state index contributed by atoms with van der Waals surface area (Å²) in [7, 11) is 0. The summed E-state index contributed by atoms with van der Waals surface area (Å²) < 4.78 is 11.6. The van der Waals surface area contributed by atoms with Crippen molar-refractivity contribution in [2.75, 3.05) is 0 Å². The van der Waals surface area contributed by atoms with E-state index in [2.05, 4.69) is 10.9 Å². The molecule has 2 amide bonds. The van der Waals surface area contributed by atoms with Crippen LogP contribution in [0.4, 0.5) is 0 Å². The molecule has 2 aliphatic rings. The van der Waals surface area contributed by atoms with E-state index in [-0.39, 0.29) is 24.0 Å². The van der Waals surface area contributed by atoms with Crippen molar-refractivity contribution in [1.29, 1.82) is 0 Å². The Hall–Kier alpha value is -3.02. The van der Waals surface area contributed by atoms with Gasteiger partial charge in [-0.05, 0) is 51.0 Å². The van der Waals surface area contributed by atoms with Crippen molar-refractivity contribution >= 4 is 11.8 Å². The molecule has 2 aromatic carbocycles. The molecule has 2 aliphatic heterocycles. The predicted molar refractivity (Wildman–Crippen MR) is 105 cm³/mol. The van der Waals surface area contributed by atoms with E-state index in [1.165, 1.54) is 0 Å². The quantitative estimate of drug-likeness (QED) is 0.785. The Kier molecular flexibility index (Phi) is 4.49. The fraction of sp³-hybridized carbons (Fsp3) is 0.364. The SMILES string of the molecule is Cc1c(C(=O)NNC(=O)c2ccc3c(c2C)OC(C)C3)ccc2c1OC(C)C2.